The van der Waals surface area contributed by atoms with Gasteiger partial charge in [-0.15, -0.1) is 11.8 Å². The normalized spacial score (nSPS) is 23.6. The number of amides is 2. The number of nitrogens with one attached hydrogen (secondary N) is 1. The average molecular weight is 775 g/mol. The van der Waals surface area contributed by atoms with Gasteiger partial charge in [0.25, 0.3) is 0 Å². The fourth-order valence-electron chi connectivity index (χ4n) is 6.77. The Hall–Kier alpha value is -3.82. The largest absolute Gasteiger partial charge is 0.489 e. The number of thioether (sulfide) groups is 1. The number of carbonyl (C=O) groups excluding carboxylic acids is 2. The highest BCUT2D eigenvalue weighted by atomic mass is 32.2. The van der Waals surface area contributed by atoms with Crippen LogP contribution in [0.5, 0.6) is 5.75 Å². The van der Waals surface area contributed by atoms with Gasteiger partial charge in [0.15, 0.2) is 11.6 Å². The third kappa shape index (κ3) is 10.5. The number of halogens is 3. The molecule has 14 heteroatoms. The number of ether oxygens (including phenoxy) is 3. The summed E-state index contributed by atoms with van der Waals surface area (Å²) in [5.74, 6) is -3.26. The molecule has 3 aromatic rings. The van der Waals surface area contributed by atoms with Gasteiger partial charge >= 0.3 is 6.09 Å². The molecule has 0 aliphatic carbocycles. The van der Waals surface area contributed by atoms with E-state index in [0.29, 0.717) is 36.8 Å². The Morgan fingerprint density at radius 2 is 1.65 bits per heavy atom. The maximum atomic E-state index is 14.5. The predicted octanol–water partition coefficient (Wildman–Crippen LogP) is 5.61. The van der Waals surface area contributed by atoms with Crippen LogP contribution in [0.25, 0.3) is 0 Å². The Kier molecular flexibility index (Phi) is 13.6. The maximum Gasteiger partial charge on any atom is 0.407 e. The molecule has 0 saturated carbocycles. The molecule has 0 spiro atoms. The predicted molar refractivity (Wildman–Crippen MR) is 198 cm³/mol. The zero-order chi connectivity index (χ0) is 39.3. The van der Waals surface area contributed by atoms with E-state index in [9.17, 15) is 38.1 Å². The summed E-state index contributed by atoms with van der Waals surface area (Å²) in [5, 5.41) is 34.0. The monoisotopic (exact) mass is 774 g/mol. The van der Waals surface area contributed by atoms with Crippen molar-refractivity contribution in [2.45, 2.75) is 107 Å². The Balaban J connectivity index is 1.20. The molecule has 2 amide bonds. The molecule has 5 rings (SSSR count). The number of hydrogen-bond donors (Lipinski definition) is 4. The number of aryl methyl sites for hydroxylation is 1. The lowest BCUT2D eigenvalue weighted by molar-refractivity contribution is -0.200. The number of alkyl carbamates (subject to hydrolysis) is 1. The standard InChI is InChI=1S/C40H49F3N2O8S/c1-6-23-9-10-24(37-35(48)34(47)36(49)38(52-37)54-5)16-25(23)15-22-7-11-28(12-8-22)51-29-13-14-45(21-29)33(46)19-27(44-39(50)53-40(2,3)4)17-26-18-31(42)32(43)20-30(26)41/h7-12,16,18,20,27,29,34-38,47-49H,6,13-15,17,19,21H2,1-5H3,(H,44,50)/t27-,29-,34-,35-,36+,37+,38-/m1/s1. The molecule has 2 fully saturated rings. The van der Waals surface area contributed by atoms with Crippen LogP contribution in [0.4, 0.5) is 18.0 Å². The SMILES string of the molecule is CCc1ccc([C@@H]2O[C@H](SC)[C@@H](O)[C@H](O)[C@H]2O)cc1Cc1ccc(O[C@@H]2CCN(C(=O)C[C@@H](Cc3cc(F)c(F)cc3F)NC(=O)OC(C)(C)C)C2)cc1. The molecule has 4 N–H and O–H groups in total. The molecule has 2 heterocycles. The van der Waals surface area contributed by atoms with Crippen molar-refractivity contribution in [2.24, 2.45) is 0 Å². The summed E-state index contributed by atoms with van der Waals surface area (Å²) < 4.78 is 59.5. The summed E-state index contributed by atoms with van der Waals surface area (Å²) in [6, 6.07) is 13.7. The van der Waals surface area contributed by atoms with Gasteiger partial charge in [0.2, 0.25) is 5.91 Å². The third-order valence-corrected chi connectivity index (χ3v) is 10.4. The Morgan fingerprint density at radius 3 is 2.31 bits per heavy atom. The summed E-state index contributed by atoms with van der Waals surface area (Å²) in [6.45, 7) is 7.74. The van der Waals surface area contributed by atoms with E-state index in [0.717, 1.165) is 29.2 Å². The Labute approximate surface area is 318 Å². The van der Waals surface area contributed by atoms with E-state index < -0.39 is 65.0 Å². The van der Waals surface area contributed by atoms with E-state index in [-0.39, 0.29) is 37.0 Å². The summed E-state index contributed by atoms with van der Waals surface area (Å²) in [4.78, 5) is 27.6. The average Bonchev–Trinajstić information content (AvgIpc) is 3.58. The number of carbonyl (C=O) groups is 2. The van der Waals surface area contributed by atoms with Crippen LogP contribution in [0.2, 0.25) is 0 Å². The van der Waals surface area contributed by atoms with Crippen LogP contribution in [0.15, 0.2) is 54.6 Å². The van der Waals surface area contributed by atoms with Gasteiger partial charge in [-0.25, -0.2) is 18.0 Å². The lowest BCUT2D eigenvalue weighted by Gasteiger charge is -2.40. The minimum absolute atomic E-state index is 0.186. The summed E-state index contributed by atoms with van der Waals surface area (Å²) in [7, 11) is 0. The number of benzene rings is 3. The minimum atomic E-state index is -1.34. The first-order valence-corrected chi connectivity index (χ1v) is 19.3. The third-order valence-electron chi connectivity index (χ3n) is 9.56. The second-order valence-electron chi connectivity index (χ2n) is 14.8. The molecule has 2 saturated heterocycles. The molecule has 0 radical (unpaired) electrons. The molecule has 2 aliphatic rings. The molecule has 54 heavy (non-hydrogen) atoms. The molecular weight excluding hydrogens is 726 g/mol. The molecular formula is C40H49F3N2O8S. The fraction of sp³-hybridized carbons (Fsp3) is 0.500. The van der Waals surface area contributed by atoms with Crippen molar-refractivity contribution in [3.8, 4) is 5.75 Å². The van der Waals surface area contributed by atoms with Crippen LogP contribution in [0, 0.1) is 17.5 Å². The van der Waals surface area contributed by atoms with Gasteiger partial charge < -0.3 is 39.7 Å². The number of aliphatic hydroxyl groups excluding tert-OH is 3. The number of likely N-dealkylation sites (tertiary alicyclic amines) is 1. The van der Waals surface area contributed by atoms with Gasteiger partial charge in [0.1, 0.15) is 53.1 Å². The van der Waals surface area contributed by atoms with Crippen LogP contribution in [-0.4, -0.2) is 93.1 Å². The molecule has 3 aromatic carbocycles. The summed E-state index contributed by atoms with van der Waals surface area (Å²) >= 11 is 1.27. The smallest absolute Gasteiger partial charge is 0.407 e. The van der Waals surface area contributed by atoms with Crippen molar-refractivity contribution in [1.82, 2.24) is 10.2 Å². The van der Waals surface area contributed by atoms with E-state index >= 15 is 0 Å². The van der Waals surface area contributed by atoms with Crippen LogP contribution in [0.1, 0.15) is 74.5 Å². The summed E-state index contributed by atoms with van der Waals surface area (Å²) in [6.07, 6.45) is -2.53. The van der Waals surface area contributed by atoms with E-state index in [1.807, 2.05) is 42.5 Å². The first-order chi connectivity index (χ1) is 25.5. The first kappa shape index (κ1) is 41.3. The highest BCUT2D eigenvalue weighted by molar-refractivity contribution is 7.99. The Bertz CT molecular complexity index is 1770. The highest BCUT2D eigenvalue weighted by Gasteiger charge is 2.44. The Morgan fingerprint density at radius 1 is 0.944 bits per heavy atom. The van der Waals surface area contributed by atoms with Crippen molar-refractivity contribution in [3.63, 3.8) is 0 Å². The molecule has 0 unspecified atom stereocenters. The number of hydrogen-bond acceptors (Lipinski definition) is 9. The van der Waals surface area contributed by atoms with Gasteiger partial charge in [0.05, 0.1) is 6.54 Å². The van der Waals surface area contributed by atoms with Gasteiger partial charge in [-0.1, -0.05) is 37.3 Å². The molecule has 7 atom stereocenters. The molecule has 0 aromatic heterocycles. The van der Waals surface area contributed by atoms with E-state index in [1.165, 1.54) is 11.8 Å². The quantitative estimate of drug-likeness (QED) is 0.173. The first-order valence-electron chi connectivity index (χ1n) is 18.1. The fourth-order valence-corrected chi connectivity index (χ4v) is 7.44. The molecule has 2 aliphatic heterocycles. The van der Waals surface area contributed by atoms with Crippen LogP contribution in [0.3, 0.4) is 0 Å². The number of rotatable bonds is 12. The van der Waals surface area contributed by atoms with Crippen molar-refractivity contribution >= 4 is 23.8 Å². The highest BCUT2D eigenvalue weighted by Crippen LogP contribution is 2.37. The molecule has 0 bridgehead atoms. The van der Waals surface area contributed by atoms with Crippen LogP contribution < -0.4 is 10.1 Å². The lowest BCUT2D eigenvalue weighted by atomic mass is 9.90. The van der Waals surface area contributed by atoms with Crippen molar-refractivity contribution < 1.29 is 52.3 Å². The zero-order valence-electron chi connectivity index (χ0n) is 31.1. The summed E-state index contributed by atoms with van der Waals surface area (Å²) in [5.41, 5.74) is 2.19. The second-order valence-corrected chi connectivity index (χ2v) is 15.7. The lowest BCUT2D eigenvalue weighted by Crippen LogP contribution is -2.52. The zero-order valence-corrected chi connectivity index (χ0v) is 31.9. The van der Waals surface area contributed by atoms with E-state index in [1.54, 1.807) is 31.9 Å². The second kappa shape index (κ2) is 17.8. The van der Waals surface area contributed by atoms with Gasteiger partial charge in [0, 0.05) is 31.5 Å². The van der Waals surface area contributed by atoms with Crippen LogP contribution >= 0.6 is 11.8 Å². The van der Waals surface area contributed by atoms with Crippen LogP contribution in [-0.2, 0) is 33.5 Å². The van der Waals surface area contributed by atoms with Crippen molar-refractivity contribution in [1.29, 1.82) is 0 Å². The van der Waals surface area contributed by atoms with Gasteiger partial charge in [-0.2, -0.15) is 0 Å². The molecule has 294 valence electrons. The van der Waals surface area contributed by atoms with Gasteiger partial charge in [-0.05, 0) is 92.3 Å². The van der Waals surface area contributed by atoms with E-state index in [2.05, 4.69) is 12.2 Å². The van der Waals surface area contributed by atoms with E-state index in [4.69, 9.17) is 14.2 Å². The van der Waals surface area contributed by atoms with Gasteiger partial charge in [-0.3, -0.25) is 4.79 Å². The number of aliphatic hydroxyl groups is 3. The molecule has 10 nitrogen and oxygen atoms in total. The topological polar surface area (TPSA) is 138 Å². The van der Waals surface area contributed by atoms with Crippen molar-refractivity contribution in [3.05, 3.63) is 99.9 Å². The minimum Gasteiger partial charge on any atom is -0.489 e. The number of nitrogens with zero attached hydrogens (tertiary/aromatic N) is 1. The van der Waals surface area contributed by atoms with Crippen molar-refractivity contribution in [2.75, 3.05) is 19.3 Å². The maximum absolute atomic E-state index is 14.5.